The summed E-state index contributed by atoms with van der Waals surface area (Å²) in [6, 6.07) is 4.82. The molecule has 0 saturated carbocycles. The van der Waals surface area contributed by atoms with Crippen molar-refractivity contribution in [3.63, 3.8) is 0 Å². The topological polar surface area (TPSA) is 76.8 Å². The maximum absolute atomic E-state index is 13.3. The number of halogens is 3. The number of aryl methyl sites for hydroxylation is 1. The van der Waals surface area contributed by atoms with Gasteiger partial charge in [-0.3, -0.25) is 4.79 Å². The first-order chi connectivity index (χ1) is 14.7. The van der Waals surface area contributed by atoms with Gasteiger partial charge in [-0.1, -0.05) is 11.6 Å². The van der Waals surface area contributed by atoms with Gasteiger partial charge in [-0.15, -0.1) is 0 Å². The van der Waals surface area contributed by atoms with Crippen molar-refractivity contribution >= 4 is 17.5 Å². The molecule has 0 saturated heterocycles. The fraction of sp³-hybridized carbons (Fsp3) is 0.381. The van der Waals surface area contributed by atoms with Gasteiger partial charge >= 0.3 is 0 Å². The van der Waals surface area contributed by atoms with Crippen LogP contribution in [0.15, 0.2) is 43.0 Å². The minimum Gasteiger partial charge on any atom is -0.336 e. The van der Waals surface area contributed by atoms with E-state index in [4.69, 9.17) is 11.6 Å². The second kappa shape index (κ2) is 9.47. The van der Waals surface area contributed by atoms with Crippen molar-refractivity contribution in [2.75, 3.05) is 6.54 Å². The average molecular weight is 449 g/mol. The van der Waals surface area contributed by atoms with E-state index in [-0.39, 0.29) is 17.5 Å². The van der Waals surface area contributed by atoms with Gasteiger partial charge in [-0.25, -0.2) is 18.7 Å². The summed E-state index contributed by atoms with van der Waals surface area (Å²) in [5.74, 6) is -2.70. The summed E-state index contributed by atoms with van der Waals surface area (Å²) in [4.78, 5) is 24.5. The zero-order chi connectivity index (χ0) is 22.6. The largest absolute Gasteiger partial charge is 0.336 e. The van der Waals surface area contributed by atoms with Gasteiger partial charge in [0.15, 0.2) is 0 Å². The average Bonchev–Trinajstić information content (AvgIpc) is 3.27. The number of carbonyl (C=O) groups excluding carboxylic acids is 1. The Labute approximate surface area is 184 Å². The normalized spacial score (nSPS) is 12.6. The minimum atomic E-state index is -2.98. The molecular formula is C21H23ClF2N6O. The fourth-order valence-electron chi connectivity index (χ4n) is 3.21. The molecule has 10 heteroatoms. The van der Waals surface area contributed by atoms with Gasteiger partial charge in [0.05, 0.1) is 29.2 Å². The third-order valence-electron chi connectivity index (χ3n) is 4.96. The van der Waals surface area contributed by atoms with Crippen LogP contribution in [0.1, 0.15) is 48.9 Å². The number of aromatic nitrogens is 5. The van der Waals surface area contributed by atoms with E-state index >= 15 is 0 Å². The number of alkyl halides is 2. The van der Waals surface area contributed by atoms with Crippen LogP contribution in [0.4, 0.5) is 8.78 Å². The first-order valence-corrected chi connectivity index (χ1v) is 10.2. The standard InChI is InChI=1S/C21H23ClF2N6O/c1-4-29(14(2)5-8-19-25-12-15(13-26-19)21(3,23)24)20(31)17-7-6-16(22)11-18(17)30-27-9-10-28-30/h6-7,9-14H,4-5,8H2,1-3H3/t14-/m0/s1. The molecule has 0 radical (unpaired) electrons. The molecule has 0 aliphatic rings. The lowest BCUT2D eigenvalue weighted by Gasteiger charge is -2.28. The summed E-state index contributed by atoms with van der Waals surface area (Å²) >= 11 is 6.12. The van der Waals surface area contributed by atoms with Crippen LogP contribution in [0, 0.1) is 0 Å². The molecule has 164 valence electrons. The number of hydrogen-bond donors (Lipinski definition) is 0. The highest BCUT2D eigenvalue weighted by atomic mass is 35.5. The molecule has 0 aliphatic carbocycles. The lowest BCUT2D eigenvalue weighted by molar-refractivity contribution is 0.0166. The Hall–Kier alpha value is -2.94. The molecular weight excluding hydrogens is 426 g/mol. The summed E-state index contributed by atoms with van der Waals surface area (Å²) in [7, 11) is 0. The third kappa shape index (κ3) is 5.41. The molecule has 0 aliphatic heterocycles. The molecule has 0 spiro atoms. The monoisotopic (exact) mass is 448 g/mol. The molecule has 0 bridgehead atoms. The zero-order valence-corrected chi connectivity index (χ0v) is 18.2. The molecule has 0 unspecified atom stereocenters. The molecule has 0 fully saturated rings. The first kappa shape index (κ1) is 22.7. The van der Waals surface area contributed by atoms with E-state index < -0.39 is 5.92 Å². The minimum absolute atomic E-state index is 0.137. The summed E-state index contributed by atoms with van der Waals surface area (Å²) in [5, 5.41) is 8.68. The number of carbonyl (C=O) groups is 1. The quantitative estimate of drug-likeness (QED) is 0.513. The van der Waals surface area contributed by atoms with Crippen LogP contribution in [-0.4, -0.2) is 48.4 Å². The molecule has 31 heavy (non-hydrogen) atoms. The predicted octanol–water partition coefficient (Wildman–Crippen LogP) is 4.31. The Morgan fingerprint density at radius 2 is 1.87 bits per heavy atom. The van der Waals surface area contributed by atoms with Crippen LogP contribution in [0.5, 0.6) is 0 Å². The Kier molecular flexibility index (Phi) is 6.94. The maximum atomic E-state index is 13.3. The van der Waals surface area contributed by atoms with Crippen LogP contribution in [-0.2, 0) is 12.3 Å². The molecule has 3 aromatic rings. The van der Waals surface area contributed by atoms with Gasteiger partial charge in [0, 0.05) is 43.3 Å². The van der Waals surface area contributed by atoms with Crippen LogP contribution in [0.2, 0.25) is 5.02 Å². The maximum Gasteiger partial charge on any atom is 0.273 e. The van der Waals surface area contributed by atoms with E-state index in [1.54, 1.807) is 23.1 Å². The van der Waals surface area contributed by atoms with Crippen LogP contribution in [0.3, 0.4) is 0 Å². The second-order valence-corrected chi connectivity index (χ2v) is 7.67. The smallest absolute Gasteiger partial charge is 0.273 e. The first-order valence-electron chi connectivity index (χ1n) is 9.87. The Balaban J connectivity index is 1.74. The van der Waals surface area contributed by atoms with Crippen LogP contribution >= 0.6 is 11.6 Å². The zero-order valence-electron chi connectivity index (χ0n) is 17.5. The molecule has 7 nitrogen and oxygen atoms in total. The number of nitrogens with zero attached hydrogens (tertiary/aromatic N) is 6. The van der Waals surface area contributed by atoms with Gasteiger partial charge in [0.2, 0.25) is 0 Å². The van der Waals surface area contributed by atoms with E-state index in [9.17, 15) is 13.6 Å². The Bertz CT molecular complexity index is 1020. The van der Waals surface area contributed by atoms with Crippen molar-refractivity contribution in [3.8, 4) is 5.69 Å². The molecule has 2 heterocycles. The van der Waals surface area contributed by atoms with Gasteiger partial charge < -0.3 is 4.90 Å². The highest BCUT2D eigenvalue weighted by Crippen LogP contribution is 2.25. The SMILES string of the molecule is CCN(C(=O)c1ccc(Cl)cc1-n1nccn1)[C@@H](C)CCc1ncc(C(C)(F)F)cn1. The number of rotatable bonds is 8. The molecule has 1 atom stereocenters. The highest BCUT2D eigenvalue weighted by molar-refractivity contribution is 6.31. The summed E-state index contributed by atoms with van der Waals surface area (Å²) in [6.45, 7) is 5.11. The van der Waals surface area contributed by atoms with Gasteiger partial charge in [-0.2, -0.15) is 15.0 Å². The second-order valence-electron chi connectivity index (χ2n) is 7.24. The number of hydrogen-bond acceptors (Lipinski definition) is 5. The van der Waals surface area contributed by atoms with Gasteiger partial charge in [0.25, 0.3) is 11.8 Å². The van der Waals surface area contributed by atoms with Crippen molar-refractivity contribution in [2.24, 2.45) is 0 Å². The van der Waals surface area contributed by atoms with Crippen LogP contribution < -0.4 is 0 Å². The fourth-order valence-corrected chi connectivity index (χ4v) is 3.37. The lowest BCUT2D eigenvalue weighted by atomic mass is 10.1. The highest BCUT2D eigenvalue weighted by Gasteiger charge is 2.26. The Morgan fingerprint density at radius 1 is 1.23 bits per heavy atom. The van der Waals surface area contributed by atoms with Crippen molar-refractivity contribution < 1.29 is 13.6 Å². The van der Waals surface area contributed by atoms with Crippen molar-refractivity contribution in [2.45, 2.75) is 45.6 Å². The van der Waals surface area contributed by atoms with Crippen molar-refractivity contribution in [3.05, 3.63) is 65.0 Å². The molecule has 3 rings (SSSR count). The van der Waals surface area contributed by atoms with E-state index in [2.05, 4.69) is 20.2 Å². The van der Waals surface area contributed by atoms with E-state index in [1.807, 2.05) is 13.8 Å². The molecule has 0 N–H and O–H groups in total. The van der Waals surface area contributed by atoms with Crippen LogP contribution in [0.25, 0.3) is 5.69 Å². The van der Waals surface area contributed by atoms with E-state index in [0.29, 0.717) is 41.5 Å². The summed E-state index contributed by atoms with van der Waals surface area (Å²) in [5.41, 5.74) is 0.699. The van der Waals surface area contributed by atoms with Crippen molar-refractivity contribution in [1.29, 1.82) is 0 Å². The van der Waals surface area contributed by atoms with Gasteiger partial charge in [0.1, 0.15) is 5.82 Å². The van der Waals surface area contributed by atoms with E-state index in [1.165, 1.54) is 17.2 Å². The van der Waals surface area contributed by atoms with Crippen molar-refractivity contribution in [1.82, 2.24) is 29.9 Å². The molecule has 1 amide bonds. The predicted molar refractivity (Wildman–Crippen MR) is 112 cm³/mol. The van der Waals surface area contributed by atoms with E-state index in [0.717, 1.165) is 19.3 Å². The third-order valence-corrected chi connectivity index (χ3v) is 5.19. The molecule has 2 aromatic heterocycles. The number of amides is 1. The van der Waals surface area contributed by atoms with Gasteiger partial charge in [-0.05, 0) is 38.5 Å². The molecule has 1 aromatic carbocycles. The summed E-state index contributed by atoms with van der Waals surface area (Å²) in [6.07, 6.45) is 6.36. The number of benzene rings is 1. The summed E-state index contributed by atoms with van der Waals surface area (Å²) < 4.78 is 26.6. The lowest BCUT2D eigenvalue weighted by Crippen LogP contribution is -2.39. The Morgan fingerprint density at radius 3 is 2.45 bits per heavy atom.